The molecular formula is C7H13F2NO. The number of halogens is 2. The standard InChI is InChI=1S/C7H13F2NO/c1-6(2,11)5-3-7(8,9)4-10-5/h5,10-11H,3-4H2,1-2H3/t5-/m1/s1. The van der Waals surface area contributed by atoms with E-state index in [0.29, 0.717) is 0 Å². The molecule has 0 aromatic rings. The Balaban J connectivity index is 2.55. The van der Waals surface area contributed by atoms with Crippen LogP contribution in [-0.2, 0) is 0 Å². The molecule has 1 fully saturated rings. The van der Waals surface area contributed by atoms with Gasteiger partial charge in [-0.25, -0.2) is 8.78 Å². The Morgan fingerprint density at radius 2 is 2.09 bits per heavy atom. The highest BCUT2D eigenvalue weighted by Crippen LogP contribution is 2.29. The molecule has 0 aromatic carbocycles. The van der Waals surface area contributed by atoms with Crippen LogP contribution in [0, 0.1) is 0 Å². The molecule has 2 N–H and O–H groups in total. The lowest BCUT2D eigenvalue weighted by Crippen LogP contribution is -2.42. The molecule has 0 amide bonds. The van der Waals surface area contributed by atoms with E-state index in [9.17, 15) is 13.9 Å². The molecular weight excluding hydrogens is 152 g/mol. The summed E-state index contributed by atoms with van der Waals surface area (Å²) in [5.41, 5.74) is -1.06. The summed E-state index contributed by atoms with van der Waals surface area (Å²) in [6.07, 6.45) is -0.267. The minimum atomic E-state index is -2.65. The molecule has 2 nitrogen and oxygen atoms in total. The van der Waals surface area contributed by atoms with Crippen LogP contribution in [0.1, 0.15) is 20.3 Å². The summed E-state index contributed by atoms with van der Waals surface area (Å²) in [7, 11) is 0. The van der Waals surface area contributed by atoms with E-state index in [0.717, 1.165) is 0 Å². The smallest absolute Gasteiger partial charge is 0.261 e. The van der Waals surface area contributed by atoms with Crippen molar-refractivity contribution in [1.82, 2.24) is 5.32 Å². The summed E-state index contributed by atoms with van der Waals surface area (Å²) < 4.78 is 25.1. The van der Waals surface area contributed by atoms with Crippen LogP contribution in [0.5, 0.6) is 0 Å². The largest absolute Gasteiger partial charge is 0.389 e. The third-order valence-corrected chi connectivity index (χ3v) is 1.96. The monoisotopic (exact) mass is 165 g/mol. The Kier molecular flexibility index (Phi) is 1.92. The molecule has 1 atom stereocenters. The van der Waals surface area contributed by atoms with Gasteiger partial charge in [-0.1, -0.05) is 0 Å². The maximum atomic E-state index is 12.6. The van der Waals surface area contributed by atoms with Gasteiger partial charge >= 0.3 is 0 Å². The van der Waals surface area contributed by atoms with Crippen LogP contribution in [0.4, 0.5) is 8.78 Å². The molecule has 0 bridgehead atoms. The Labute approximate surface area is 64.6 Å². The van der Waals surface area contributed by atoms with Gasteiger partial charge in [-0.05, 0) is 13.8 Å². The zero-order valence-corrected chi connectivity index (χ0v) is 6.69. The van der Waals surface area contributed by atoms with Gasteiger partial charge < -0.3 is 10.4 Å². The van der Waals surface area contributed by atoms with E-state index in [1.54, 1.807) is 0 Å². The van der Waals surface area contributed by atoms with Crippen molar-refractivity contribution in [1.29, 1.82) is 0 Å². The molecule has 0 radical (unpaired) electrons. The molecule has 1 aliphatic heterocycles. The quantitative estimate of drug-likeness (QED) is 0.601. The lowest BCUT2D eigenvalue weighted by atomic mass is 9.97. The third kappa shape index (κ3) is 2.10. The second kappa shape index (κ2) is 2.38. The van der Waals surface area contributed by atoms with Gasteiger partial charge in [0.1, 0.15) is 0 Å². The maximum Gasteiger partial charge on any atom is 0.261 e. The van der Waals surface area contributed by atoms with Gasteiger partial charge in [-0.3, -0.25) is 0 Å². The van der Waals surface area contributed by atoms with E-state index in [4.69, 9.17) is 0 Å². The minimum Gasteiger partial charge on any atom is -0.389 e. The summed E-state index contributed by atoms with van der Waals surface area (Å²) >= 11 is 0. The normalized spacial score (nSPS) is 30.8. The number of alkyl halides is 2. The van der Waals surface area contributed by atoms with E-state index < -0.39 is 17.6 Å². The number of nitrogens with one attached hydrogen (secondary N) is 1. The van der Waals surface area contributed by atoms with Crippen molar-refractivity contribution in [3.63, 3.8) is 0 Å². The predicted molar refractivity (Wildman–Crippen MR) is 37.7 cm³/mol. The van der Waals surface area contributed by atoms with E-state index in [1.807, 2.05) is 0 Å². The Morgan fingerprint density at radius 3 is 2.27 bits per heavy atom. The zero-order valence-electron chi connectivity index (χ0n) is 6.69. The molecule has 1 aliphatic rings. The van der Waals surface area contributed by atoms with Crippen molar-refractivity contribution in [3.8, 4) is 0 Å². The second-order valence-corrected chi connectivity index (χ2v) is 3.65. The van der Waals surface area contributed by atoms with Crippen LogP contribution in [0.2, 0.25) is 0 Å². The van der Waals surface area contributed by atoms with Crippen molar-refractivity contribution >= 4 is 0 Å². The first kappa shape index (κ1) is 8.87. The topological polar surface area (TPSA) is 32.3 Å². The first-order chi connectivity index (χ1) is 4.81. The highest BCUT2D eigenvalue weighted by Gasteiger charge is 2.44. The second-order valence-electron chi connectivity index (χ2n) is 3.65. The van der Waals surface area contributed by atoms with E-state index in [1.165, 1.54) is 13.8 Å². The van der Waals surface area contributed by atoms with Crippen LogP contribution in [0.15, 0.2) is 0 Å². The summed E-state index contributed by atoms with van der Waals surface area (Å²) in [6.45, 7) is 2.75. The van der Waals surface area contributed by atoms with Crippen molar-refractivity contribution in [2.24, 2.45) is 0 Å². The average Bonchev–Trinajstić information content (AvgIpc) is 2.07. The zero-order chi connectivity index (χ0) is 8.70. The summed E-state index contributed by atoms with van der Waals surface area (Å²) in [6, 6.07) is -0.488. The summed E-state index contributed by atoms with van der Waals surface area (Å²) in [5, 5.41) is 11.9. The predicted octanol–water partition coefficient (Wildman–Crippen LogP) is 0.754. The van der Waals surface area contributed by atoms with Crippen molar-refractivity contribution in [3.05, 3.63) is 0 Å². The first-order valence-electron chi connectivity index (χ1n) is 3.65. The Morgan fingerprint density at radius 1 is 1.55 bits per heavy atom. The van der Waals surface area contributed by atoms with Gasteiger partial charge in [0, 0.05) is 12.5 Å². The van der Waals surface area contributed by atoms with Gasteiger partial charge in [-0.15, -0.1) is 0 Å². The van der Waals surface area contributed by atoms with Gasteiger partial charge in [-0.2, -0.15) is 0 Å². The van der Waals surface area contributed by atoms with E-state index in [2.05, 4.69) is 5.32 Å². The fourth-order valence-electron chi connectivity index (χ4n) is 1.22. The molecule has 4 heteroatoms. The van der Waals surface area contributed by atoms with Crippen LogP contribution in [-0.4, -0.2) is 29.2 Å². The van der Waals surface area contributed by atoms with Gasteiger partial charge in [0.2, 0.25) is 0 Å². The number of hydrogen-bond donors (Lipinski definition) is 2. The Bertz CT molecular complexity index is 153. The van der Waals surface area contributed by atoms with Gasteiger partial charge in [0.05, 0.1) is 12.1 Å². The fraction of sp³-hybridized carbons (Fsp3) is 1.00. The van der Waals surface area contributed by atoms with Crippen LogP contribution >= 0.6 is 0 Å². The average molecular weight is 165 g/mol. The van der Waals surface area contributed by atoms with Crippen molar-refractivity contribution in [2.45, 2.75) is 37.8 Å². The molecule has 1 saturated heterocycles. The van der Waals surface area contributed by atoms with Gasteiger partial charge in [0.25, 0.3) is 5.92 Å². The molecule has 1 heterocycles. The van der Waals surface area contributed by atoms with Crippen LogP contribution < -0.4 is 5.32 Å². The highest BCUT2D eigenvalue weighted by atomic mass is 19.3. The molecule has 0 unspecified atom stereocenters. The molecule has 0 aromatic heterocycles. The number of aliphatic hydroxyl groups is 1. The molecule has 0 saturated carbocycles. The SMILES string of the molecule is CC(C)(O)[C@H]1CC(F)(F)CN1. The Hall–Kier alpha value is -0.220. The third-order valence-electron chi connectivity index (χ3n) is 1.96. The molecule has 1 rings (SSSR count). The lowest BCUT2D eigenvalue weighted by molar-refractivity contribution is -0.00161. The van der Waals surface area contributed by atoms with Crippen molar-refractivity contribution in [2.75, 3.05) is 6.54 Å². The van der Waals surface area contributed by atoms with Crippen LogP contribution in [0.3, 0.4) is 0 Å². The summed E-state index contributed by atoms with van der Waals surface area (Å²) in [4.78, 5) is 0. The molecule has 11 heavy (non-hydrogen) atoms. The minimum absolute atomic E-state index is 0.267. The van der Waals surface area contributed by atoms with Crippen molar-refractivity contribution < 1.29 is 13.9 Å². The van der Waals surface area contributed by atoms with Crippen LogP contribution in [0.25, 0.3) is 0 Å². The number of hydrogen-bond acceptors (Lipinski definition) is 2. The van der Waals surface area contributed by atoms with Gasteiger partial charge in [0.15, 0.2) is 0 Å². The fourth-order valence-corrected chi connectivity index (χ4v) is 1.22. The summed E-state index contributed by atoms with van der Waals surface area (Å²) in [5.74, 6) is -2.65. The molecule has 66 valence electrons. The first-order valence-corrected chi connectivity index (χ1v) is 3.65. The lowest BCUT2D eigenvalue weighted by Gasteiger charge is -2.24. The molecule has 0 spiro atoms. The number of rotatable bonds is 1. The molecule has 0 aliphatic carbocycles. The maximum absolute atomic E-state index is 12.6. The highest BCUT2D eigenvalue weighted by molar-refractivity contribution is 4.95. The van der Waals surface area contributed by atoms with E-state index in [-0.39, 0.29) is 13.0 Å². The van der Waals surface area contributed by atoms with E-state index >= 15 is 0 Å².